The van der Waals surface area contributed by atoms with Crippen molar-refractivity contribution in [1.82, 2.24) is 0 Å². The predicted octanol–water partition coefficient (Wildman–Crippen LogP) is 2.07. The first-order valence-corrected chi connectivity index (χ1v) is 5.99. The van der Waals surface area contributed by atoms with E-state index in [9.17, 15) is 4.39 Å². The highest BCUT2D eigenvalue weighted by Gasteiger charge is 2.42. The van der Waals surface area contributed by atoms with Crippen molar-refractivity contribution in [2.45, 2.75) is 31.3 Å². The van der Waals surface area contributed by atoms with Gasteiger partial charge in [-0.15, -0.1) is 0 Å². The number of hydrogen-bond acceptors (Lipinski definition) is 3. The summed E-state index contributed by atoms with van der Waals surface area (Å²) >= 11 is 0. The number of rotatable bonds is 2. The zero-order chi connectivity index (χ0) is 11.9. The molecular formula is C13H16FNO2. The predicted molar refractivity (Wildman–Crippen MR) is 61.3 cm³/mol. The number of hydrogen-bond donors (Lipinski definition) is 1. The molecule has 0 aromatic heterocycles. The van der Waals surface area contributed by atoms with Crippen molar-refractivity contribution >= 4 is 0 Å². The fourth-order valence-electron chi connectivity index (χ4n) is 2.86. The lowest BCUT2D eigenvalue weighted by molar-refractivity contribution is -0.0182. The van der Waals surface area contributed by atoms with Gasteiger partial charge in [0.1, 0.15) is 11.6 Å². The van der Waals surface area contributed by atoms with E-state index in [1.165, 1.54) is 6.07 Å². The minimum Gasteiger partial charge on any atom is -0.467 e. The number of benzene rings is 1. The van der Waals surface area contributed by atoms with Crippen molar-refractivity contribution in [3.05, 3.63) is 29.1 Å². The molecule has 4 heteroatoms. The Morgan fingerprint density at radius 3 is 2.82 bits per heavy atom. The van der Waals surface area contributed by atoms with Gasteiger partial charge in [-0.25, -0.2) is 4.39 Å². The minimum atomic E-state index is -0.195. The molecule has 0 saturated heterocycles. The molecule has 17 heavy (non-hydrogen) atoms. The lowest BCUT2D eigenvalue weighted by Crippen LogP contribution is -2.43. The topological polar surface area (TPSA) is 44.5 Å². The number of halogens is 1. The summed E-state index contributed by atoms with van der Waals surface area (Å²) in [4.78, 5) is 0. The molecule has 1 aromatic rings. The van der Waals surface area contributed by atoms with E-state index in [0.29, 0.717) is 13.2 Å². The highest BCUT2D eigenvalue weighted by Crippen LogP contribution is 2.47. The summed E-state index contributed by atoms with van der Waals surface area (Å²) in [5.41, 5.74) is 7.23. The molecule has 1 aromatic carbocycles. The molecule has 2 N–H and O–H groups in total. The second-order valence-corrected chi connectivity index (χ2v) is 4.85. The Hall–Kier alpha value is -1.13. The van der Waals surface area contributed by atoms with Crippen molar-refractivity contribution in [1.29, 1.82) is 0 Å². The van der Waals surface area contributed by atoms with Crippen LogP contribution in [-0.4, -0.2) is 13.3 Å². The molecule has 1 fully saturated rings. The number of ether oxygens (including phenoxy) is 2. The Morgan fingerprint density at radius 2 is 2.18 bits per heavy atom. The molecule has 0 amide bonds. The Kier molecular flexibility index (Phi) is 2.56. The molecule has 1 saturated carbocycles. The normalized spacial score (nSPS) is 21.3. The fourth-order valence-corrected chi connectivity index (χ4v) is 2.86. The summed E-state index contributed by atoms with van der Waals surface area (Å²) in [6, 6.07) is 3.16. The van der Waals surface area contributed by atoms with Crippen LogP contribution in [0.5, 0.6) is 5.75 Å². The molecule has 1 aliphatic heterocycles. The average molecular weight is 237 g/mol. The summed E-state index contributed by atoms with van der Waals surface area (Å²) in [6.45, 7) is 1.15. The van der Waals surface area contributed by atoms with E-state index in [0.717, 1.165) is 36.1 Å². The van der Waals surface area contributed by atoms with E-state index in [4.69, 9.17) is 15.2 Å². The van der Waals surface area contributed by atoms with Crippen molar-refractivity contribution in [2.24, 2.45) is 5.73 Å². The Bertz CT molecular complexity index is 438. The van der Waals surface area contributed by atoms with E-state index in [-0.39, 0.29) is 18.0 Å². The van der Waals surface area contributed by atoms with E-state index in [2.05, 4.69) is 0 Å². The molecule has 1 aliphatic carbocycles. The zero-order valence-electron chi connectivity index (χ0n) is 9.67. The molecule has 92 valence electrons. The van der Waals surface area contributed by atoms with Gasteiger partial charge < -0.3 is 15.2 Å². The lowest BCUT2D eigenvalue weighted by atomic mass is 9.63. The summed E-state index contributed by atoms with van der Waals surface area (Å²) in [5, 5.41) is 0. The van der Waals surface area contributed by atoms with Gasteiger partial charge in [-0.1, -0.05) is 6.42 Å². The molecule has 2 aliphatic rings. The Balaban J connectivity index is 2.14. The van der Waals surface area contributed by atoms with Crippen LogP contribution in [0.15, 0.2) is 12.1 Å². The number of nitrogens with two attached hydrogens (primary N) is 1. The first-order valence-electron chi connectivity index (χ1n) is 5.99. The summed E-state index contributed by atoms with van der Waals surface area (Å²) in [6.07, 6.45) is 3.02. The van der Waals surface area contributed by atoms with Crippen LogP contribution in [0.4, 0.5) is 4.39 Å². The second kappa shape index (κ2) is 3.96. The molecule has 0 radical (unpaired) electrons. The van der Waals surface area contributed by atoms with Gasteiger partial charge in [0, 0.05) is 23.1 Å². The van der Waals surface area contributed by atoms with Gasteiger partial charge in [0.25, 0.3) is 0 Å². The van der Waals surface area contributed by atoms with Crippen LogP contribution in [0.3, 0.4) is 0 Å². The maximum Gasteiger partial charge on any atom is 0.189 e. The lowest BCUT2D eigenvalue weighted by Gasteiger charge is -2.43. The van der Waals surface area contributed by atoms with Crippen molar-refractivity contribution in [3.63, 3.8) is 0 Å². The van der Waals surface area contributed by atoms with Gasteiger partial charge in [-0.3, -0.25) is 0 Å². The highest BCUT2D eigenvalue weighted by atomic mass is 19.1. The van der Waals surface area contributed by atoms with Gasteiger partial charge in [0.05, 0.1) is 6.61 Å². The third-order valence-electron chi connectivity index (χ3n) is 3.99. The maximum atomic E-state index is 14.1. The van der Waals surface area contributed by atoms with Gasteiger partial charge in [-0.2, -0.15) is 0 Å². The summed E-state index contributed by atoms with van der Waals surface area (Å²) in [5.74, 6) is 0.565. The Labute approximate surface area is 99.7 Å². The monoisotopic (exact) mass is 237 g/mol. The largest absolute Gasteiger partial charge is 0.467 e. The van der Waals surface area contributed by atoms with E-state index in [1.54, 1.807) is 6.07 Å². The summed E-state index contributed by atoms with van der Waals surface area (Å²) < 4.78 is 24.8. The van der Waals surface area contributed by atoms with Gasteiger partial charge in [0.2, 0.25) is 0 Å². The van der Waals surface area contributed by atoms with Crippen LogP contribution in [-0.2, 0) is 16.8 Å². The zero-order valence-corrected chi connectivity index (χ0v) is 9.67. The van der Waals surface area contributed by atoms with Crippen LogP contribution < -0.4 is 10.5 Å². The molecule has 1 heterocycles. The van der Waals surface area contributed by atoms with Crippen molar-refractivity contribution in [3.8, 4) is 5.75 Å². The fraction of sp³-hybridized carbons (Fsp3) is 0.538. The van der Waals surface area contributed by atoms with E-state index >= 15 is 0 Å². The first kappa shape index (κ1) is 11.0. The summed E-state index contributed by atoms with van der Waals surface area (Å²) in [7, 11) is 0. The second-order valence-electron chi connectivity index (χ2n) is 4.85. The third kappa shape index (κ3) is 1.55. The highest BCUT2D eigenvalue weighted by molar-refractivity contribution is 5.46. The van der Waals surface area contributed by atoms with Gasteiger partial charge in [-0.05, 0) is 25.0 Å². The minimum absolute atomic E-state index is 0.178. The first-order chi connectivity index (χ1) is 8.27. The molecule has 3 nitrogen and oxygen atoms in total. The smallest absolute Gasteiger partial charge is 0.189 e. The van der Waals surface area contributed by atoms with Crippen LogP contribution in [0, 0.1) is 5.82 Å². The van der Waals surface area contributed by atoms with Crippen molar-refractivity contribution < 1.29 is 13.9 Å². The molecule has 0 spiro atoms. The van der Waals surface area contributed by atoms with Gasteiger partial charge >= 0.3 is 0 Å². The standard InChI is InChI=1S/C13H16FNO2/c14-10-2-3-11-9(6-16-8-17-11)12(10)13(7-15)4-1-5-13/h2-3H,1,4-8,15H2. The molecule has 3 rings (SSSR count). The quantitative estimate of drug-likeness (QED) is 0.856. The molecule has 0 unspecified atom stereocenters. The average Bonchev–Trinajstić information content (AvgIpc) is 2.31. The van der Waals surface area contributed by atoms with E-state index < -0.39 is 0 Å². The molecule has 0 atom stereocenters. The van der Waals surface area contributed by atoms with Crippen LogP contribution in [0.1, 0.15) is 30.4 Å². The molecular weight excluding hydrogens is 221 g/mol. The van der Waals surface area contributed by atoms with Crippen LogP contribution in [0.25, 0.3) is 0 Å². The molecule has 0 bridgehead atoms. The Morgan fingerprint density at radius 1 is 1.35 bits per heavy atom. The van der Waals surface area contributed by atoms with Crippen LogP contribution >= 0.6 is 0 Å². The third-order valence-corrected chi connectivity index (χ3v) is 3.99. The maximum absolute atomic E-state index is 14.1. The van der Waals surface area contributed by atoms with Crippen LogP contribution in [0.2, 0.25) is 0 Å². The van der Waals surface area contributed by atoms with Gasteiger partial charge in [0.15, 0.2) is 6.79 Å². The van der Waals surface area contributed by atoms with Crippen molar-refractivity contribution in [2.75, 3.05) is 13.3 Å². The van der Waals surface area contributed by atoms with E-state index in [1.807, 2.05) is 0 Å². The SMILES string of the molecule is NCC1(c2c(F)ccc3c2COCO3)CCC1. The number of fused-ring (bicyclic) bond motifs is 1.